The zero-order chi connectivity index (χ0) is 13.3. The fourth-order valence-corrected chi connectivity index (χ4v) is 3.82. The number of hydrogen-bond acceptors (Lipinski definition) is 4. The predicted octanol–water partition coefficient (Wildman–Crippen LogP) is 0.678. The number of aromatic nitrogens is 2. The minimum absolute atomic E-state index is 0.143. The van der Waals surface area contributed by atoms with Gasteiger partial charge in [-0.15, -0.1) is 0 Å². The highest BCUT2D eigenvalue weighted by Crippen LogP contribution is 2.25. The molecule has 0 aromatic carbocycles. The number of nitrogens with one attached hydrogen (secondary N) is 1. The molecule has 0 radical (unpaired) electrons. The average Bonchev–Trinajstić information content (AvgIpc) is 2.81. The molecule has 1 aromatic heterocycles. The van der Waals surface area contributed by atoms with Crippen molar-refractivity contribution in [2.45, 2.75) is 44.3 Å². The van der Waals surface area contributed by atoms with E-state index in [9.17, 15) is 8.42 Å². The van der Waals surface area contributed by atoms with E-state index in [4.69, 9.17) is 5.73 Å². The smallest absolute Gasteiger partial charge is 0.261 e. The number of hydrogen-bond donors (Lipinski definition) is 2. The largest absolute Gasteiger partial charge is 0.332 e. The lowest BCUT2D eigenvalue weighted by atomic mass is 9.99. The van der Waals surface area contributed by atoms with Gasteiger partial charge in [0.1, 0.15) is 5.82 Å². The fourth-order valence-electron chi connectivity index (χ4n) is 2.23. The van der Waals surface area contributed by atoms with Gasteiger partial charge in [-0.1, -0.05) is 13.8 Å². The highest BCUT2D eigenvalue weighted by Gasteiger charge is 2.35. The van der Waals surface area contributed by atoms with Crippen LogP contribution < -0.4 is 5.73 Å². The van der Waals surface area contributed by atoms with Gasteiger partial charge in [0.25, 0.3) is 10.0 Å². The van der Waals surface area contributed by atoms with Gasteiger partial charge in [0, 0.05) is 13.0 Å². The SMILES string of the molecule is CCc1ncc(S(=O)(=O)N2CCCC(C)C2N)[nH]1. The van der Waals surface area contributed by atoms with E-state index in [-0.39, 0.29) is 10.9 Å². The van der Waals surface area contributed by atoms with Crippen LogP contribution in [0, 0.1) is 5.92 Å². The summed E-state index contributed by atoms with van der Waals surface area (Å²) in [5.74, 6) is 0.856. The Kier molecular flexibility index (Phi) is 3.74. The summed E-state index contributed by atoms with van der Waals surface area (Å²) < 4.78 is 26.3. The second-order valence-corrected chi connectivity index (χ2v) is 6.63. The molecule has 102 valence electrons. The lowest BCUT2D eigenvalue weighted by molar-refractivity contribution is 0.192. The van der Waals surface area contributed by atoms with E-state index in [1.165, 1.54) is 10.5 Å². The van der Waals surface area contributed by atoms with Crippen LogP contribution in [-0.2, 0) is 16.4 Å². The van der Waals surface area contributed by atoms with Crippen molar-refractivity contribution in [1.82, 2.24) is 14.3 Å². The minimum atomic E-state index is -3.54. The molecule has 6 nitrogen and oxygen atoms in total. The van der Waals surface area contributed by atoms with Crippen molar-refractivity contribution in [3.63, 3.8) is 0 Å². The Morgan fingerprint density at radius 3 is 2.94 bits per heavy atom. The summed E-state index contributed by atoms with van der Waals surface area (Å²) in [4.78, 5) is 6.88. The summed E-state index contributed by atoms with van der Waals surface area (Å²) in [5, 5.41) is 0.143. The number of imidazole rings is 1. The maximum absolute atomic E-state index is 12.4. The van der Waals surface area contributed by atoms with Gasteiger partial charge in [-0.2, -0.15) is 4.31 Å². The monoisotopic (exact) mass is 272 g/mol. The number of sulfonamides is 1. The Balaban J connectivity index is 2.30. The van der Waals surface area contributed by atoms with E-state index in [2.05, 4.69) is 9.97 Å². The molecule has 7 heteroatoms. The van der Waals surface area contributed by atoms with Crippen molar-refractivity contribution in [3.8, 4) is 0 Å². The van der Waals surface area contributed by atoms with Crippen molar-refractivity contribution < 1.29 is 8.42 Å². The molecular formula is C11H20N4O2S. The molecule has 0 saturated carbocycles. The number of H-pyrrole nitrogens is 1. The Morgan fingerprint density at radius 1 is 1.61 bits per heavy atom. The van der Waals surface area contributed by atoms with Crippen LogP contribution in [0.3, 0.4) is 0 Å². The lowest BCUT2D eigenvalue weighted by Crippen LogP contribution is -2.52. The summed E-state index contributed by atoms with van der Waals surface area (Å²) in [5.41, 5.74) is 6.00. The van der Waals surface area contributed by atoms with Crippen molar-refractivity contribution in [1.29, 1.82) is 0 Å². The van der Waals surface area contributed by atoms with Gasteiger partial charge in [-0.25, -0.2) is 13.4 Å². The van der Waals surface area contributed by atoms with Crippen LogP contribution in [0.2, 0.25) is 0 Å². The molecule has 0 spiro atoms. The maximum Gasteiger partial charge on any atom is 0.261 e. The number of aryl methyl sites for hydroxylation is 1. The molecule has 1 aliphatic rings. The first-order valence-electron chi connectivity index (χ1n) is 6.28. The first-order chi connectivity index (χ1) is 8.46. The number of piperidine rings is 1. The molecule has 1 aliphatic heterocycles. The van der Waals surface area contributed by atoms with Gasteiger partial charge >= 0.3 is 0 Å². The second kappa shape index (κ2) is 4.99. The van der Waals surface area contributed by atoms with Crippen molar-refractivity contribution >= 4 is 10.0 Å². The van der Waals surface area contributed by atoms with Gasteiger partial charge in [-0.05, 0) is 18.8 Å². The van der Waals surface area contributed by atoms with Crippen molar-refractivity contribution in [3.05, 3.63) is 12.0 Å². The van der Waals surface area contributed by atoms with Gasteiger partial charge in [-0.3, -0.25) is 0 Å². The van der Waals surface area contributed by atoms with E-state index >= 15 is 0 Å². The third-order valence-electron chi connectivity index (χ3n) is 3.48. The Hall–Kier alpha value is -0.920. The Bertz CT molecular complexity index is 511. The number of aromatic amines is 1. The molecule has 1 fully saturated rings. The third kappa shape index (κ3) is 2.30. The van der Waals surface area contributed by atoms with E-state index in [1.54, 1.807) is 0 Å². The van der Waals surface area contributed by atoms with E-state index in [1.807, 2.05) is 13.8 Å². The fraction of sp³-hybridized carbons (Fsp3) is 0.727. The summed E-state index contributed by atoms with van der Waals surface area (Å²) >= 11 is 0. The van der Waals surface area contributed by atoms with Crippen LogP contribution in [-0.4, -0.2) is 35.4 Å². The third-order valence-corrected chi connectivity index (χ3v) is 5.29. The Labute approximate surface area is 108 Å². The van der Waals surface area contributed by atoms with E-state index in [0.717, 1.165) is 12.8 Å². The molecule has 18 heavy (non-hydrogen) atoms. The average molecular weight is 272 g/mol. The molecular weight excluding hydrogens is 252 g/mol. The van der Waals surface area contributed by atoms with Crippen LogP contribution in [0.5, 0.6) is 0 Å². The molecule has 3 N–H and O–H groups in total. The van der Waals surface area contributed by atoms with Crippen molar-refractivity contribution in [2.24, 2.45) is 11.7 Å². The zero-order valence-corrected chi connectivity index (χ0v) is 11.6. The number of rotatable bonds is 3. The summed E-state index contributed by atoms with van der Waals surface area (Å²) in [7, 11) is -3.54. The predicted molar refractivity (Wildman–Crippen MR) is 68.2 cm³/mol. The highest BCUT2D eigenvalue weighted by atomic mass is 32.2. The molecule has 2 rings (SSSR count). The molecule has 2 unspecified atom stereocenters. The van der Waals surface area contributed by atoms with Gasteiger partial charge in [0.15, 0.2) is 5.03 Å². The van der Waals surface area contributed by atoms with Gasteiger partial charge in [0.2, 0.25) is 0 Å². The number of nitrogens with two attached hydrogens (primary N) is 1. The molecule has 2 atom stereocenters. The summed E-state index contributed by atoms with van der Waals surface area (Å²) in [6.07, 6.45) is 3.43. The quantitative estimate of drug-likeness (QED) is 0.846. The lowest BCUT2D eigenvalue weighted by Gasteiger charge is -2.35. The minimum Gasteiger partial charge on any atom is -0.332 e. The molecule has 0 amide bonds. The molecule has 2 heterocycles. The van der Waals surface area contributed by atoms with Crippen LogP contribution in [0.1, 0.15) is 32.5 Å². The number of nitrogens with zero attached hydrogens (tertiary/aromatic N) is 2. The summed E-state index contributed by atoms with van der Waals surface area (Å²) in [6.45, 7) is 4.38. The maximum atomic E-state index is 12.4. The molecule has 1 aromatic rings. The topological polar surface area (TPSA) is 92.1 Å². The molecule has 0 aliphatic carbocycles. The first kappa shape index (κ1) is 13.5. The van der Waals surface area contributed by atoms with Gasteiger partial charge < -0.3 is 10.7 Å². The van der Waals surface area contributed by atoms with Gasteiger partial charge in [0.05, 0.1) is 12.4 Å². The normalized spacial score (nSPS) is 26.4. The summed E-state index contributed by atoms with van der Waals surface area (Å²) in [6, 6.07) is 0. The Morgan fingerprint density at radius 2 is 2.33 bits per heavy atom. The van der Waals surface area contributed by atoms with Crippen molar-refractivity contribution in [2.75, 3.05) is 6.54 Å². The second-order valence-electron chi connectivity index (χ2n) is 4.77. The zero-order valence-electron chi connectivity index (χ0n) is 10.8. The van der Waals surface area contributed by atoms with Crippen LogP contribution in [0.4, 0.5) is 0 Å². The molecule has 0 bridgehead atoms. The molecule has 1 saturated heterocycles. The van der Waals surface area contributed by atoms with Crippen LogP contribution in [0.15, 0.2) is 11.2 Å². The van der Waals surface area contributed by atoms with Crippen LogP contribution in [0.25, 0.3) is 0 Å². The highest BCUT2D eigenvalue weighted by molar-refractivity contribution is 7.89. The van der Waals surface area contributed by atoms with E-state index in [0.29, 0.717) is 18.8 Å². The first-order valence-corrected chi connectivity index (χ1v) is 7.72. The standard InChI is InChI=1S/C11H20N4O2S/c1-3-9-13-7-10(14-9)18(16,17)15-6-4-5-8(2)11(15)12/h7-8,11H,3-6,12H2,1-2H3,(H,13,14). The van der Waals surface area contributed by atoms with Crippen LogP contribution >= 0.6 is 0 Å². The van der Waals surface area contributed by atoms with E-state index < -0.39 is 16.2 Å².